The summed E-state index contributed by atoms with van der Waals surface area (Å²) in [5, 5.41) is 0. The van der Waals surface area contributed by atoms with Crippen LogP contribution in [-0.4, -0.2) is 31.5 Å². The molecule has 1 N–H and O–H groups in total. The first-order valence-electron chi connectivity index (χ1n) is 9.97. The lowest BCUT2D eigenvalue weighted by atomic mass is 10.3. The van der Waals surface area contributed by atoms with Crippen molar-refractivity contribution in [3.05, 3.63) is 78.8 Å². The lowest BCUT2D eigenvalue weighted by Gasteiger charge is -2.13. The number of methoxy groups -OCH3 is 1. The minimum atomic E-state index is -3.78. The minimum Gasteiger partial charge on any atom is -0.494 e. The number of ether oxygens (including phenoxy) is 3. The molecule has 0 spiro atoms. The first kappa shape index (κ1) is 21.5. The highest BCUT2D eigenvalue weighted by molar-refractivity contribution is 7.92. The fourth-order valence-electron chi connectivity index (χ4n) is 3.16. The van der Waals surface area contributed by atoms with Gasteiger partial charge in [0.1, 0.15) is 18.0 Å². The van der Waals surface area contributed by atoms with Crippen LogP contribution in [0.5, 0.6) is 17.2 Å². The molecule has 4 rings (SSSR count). The van der Waals surface area contributed by atoms with Crippen LogP contribution in [-0.2, 0) is 16.6 Å². The largest absolute Gasteiger partial charge is 0.494 e. The molecule has 0 saturated heterocycles. The molecule has 8 nitrogen and oxygen atoms in total. The van der Waals surface area contributed by atoms with Crippen LogP contribution in [0.3, 0.4) is 0 Å². The molecule has 0 saturated carbocycles. The molecule has 32 heavy (non-hydrogen) atoms. The summed E-state index contributed by atoms with van der Waals surface area (Å²) in [6.45, 7) is 2.58. The smallest absolute Gasteiger partial charge is 0.261 e. The lowest BCUT2D eigenvalue weighted by molar-refractivity contribution is 0.281. The number of benzene rings is 2. The molecule has 0 aliphatic rings. The number of rotatable bonds is 9. The van der Waals surface area contributed by atoms with Crippen LogP contribution in [0.25, 0.3) is 5.65 Å². The van der Waals surface area contributed by atoms with Crippen molar-refractivity contribution in [3.8, 4) is 17.2 Å². The maximum atomic E-state index is 12.8. The summed E-state index contributed by atoms with van der Waals surface area (Å²) in [4.78, 5) is 4.63. The van der Waals surface area contributed by atoms with Crippen LogP contribution in [0, 0.1) is 0 Å². The molecule has 0 bridgehead atoms. The quantitative estimate of drug-likeness (QED) is 0.410. The van der Waals surface area contributed by atoms with Crippen LogP contribution in [0.4, 0.5) is 5.69 Å². The van der Waals surface area contributed by atoms with Crippen molar-refractivity contribution in [1.29, 1.82) is 0 Å². The molecule has 0 aliphatic carbocycles. The van der Waals surface area contributed by atoms with Gasteiger partial charge in [0, 0.05) is 18.5 Å². The molecule has 166 valence electrons. The zero-order valence-electron chi connectivity index (χ0n) is 17.7. The Kier molecular flexibility index (Phi) is 6.18. The van der Waals surface area contributed by atoms with E-state index in [-0.39, 0.29) is 11.5 Å². The van der Waals surface area contributed by atoms with Gasteiger partial charge in [-0.15, -0.1) is 0 Å². The molecule has 0 atom stereocenters. The van der Waals surface area contributed by atoms with Crippen molar-refractivity contribution in [2.24, 2.45) is 0 Å². The second-order valence-electron chi connectivity index (χ2n) is 6.86. The second-order valence-corrected chi connectivity index (χ2v) is 8.54. The lowest BCUT2D eigenvalue weighted by Crippen LogP contribution is -2.13. The van der Waals surface area contributed by atoms with Crippen LogP contribution in [0.2, 0.25) is 0 Å². The number of hydrogen-bond donors (Lipinski definition) is 1. The maximum absolute atomic E-state index is 12.8. The Morgan fingerprint density at radius 3 is 2.53 bits per heavy atom. The van der Waals surface area contributed by atoms with Crippen molar-refractivity contribution >= 4 is 21.4 Å². The zero-order valence-corrected chi connectivity index (χ0v) is 18.5. The Labute approximate surface area is 186 Å². The van der Waals surface area contributed by atoms with Crippen molar-refractivity contribution in [2.45, 2.75) is 18.4 Å². The molecule has 4 aromatic rings. The third kappa shape index (κ3) is 4.78. The Hall–Kier alpha value is -3.72. The van der Waals surface area contributed by atoms with E-state index in [1.807, 2.05) is 41.9 Å². The summed E-state index contributed by atoms with van der Waals surface area (Å²) in [5.41, 5.74) is 1.90. The number of aromatic nitrogens is 2. The fraction of sp³-hybridized carbons (Fsp3) is 0.174. The number of pyridine rings is 1. The summed E-state index contributed by atoms with van der Waals surface area (Å²) in [6.07, 6.45) is 3.78. The Balaban J connectivity index is 1.51. The monoisotopic (exact) mass is 453 g/mol. The Morgan fingerprint density at radius 2 is 1.81 bits per heavy atom. The molecule has 0 radical (unpaired) electrons. The van der Waals surface area contributed by atoms with Gasteiger partial charge in [-0.3, -0.25) is 4.72 Å². The summed E-state index contributed by atoms with van der Waals surface area (Å²) in [5.74, 6) is 1.49. The molecule has 2 aromatic carbocycles. The Bertz CT molecular complexity index is 1280. The molecule has 2 heterocycles. The summed E-state index contributed by atoms with van der Waals surface area (Å²) >= 11 is 0. The van der Waals surface area contributed by atoms with E-state index in [0.717, 1.165) is 11.3 Å². The highest BCUT2D eigenvalue weighted by Crippen LogP contribution is 2.32. The van der Waals surface area contributed by atoms with Gasteiger partial charge in [0.05, 0.1) is 30.0 Å². The van der Waals surface area contributed by atoms with Crippen LogP contribution < -0.4 is 18.9 Å². The van der Waals surface area contributed by atoms with E-state index < -0.39 is 10.0 Å². The molecule has 0 fully saturated rings. The van der Waals surface area contributed by atoms with Gasteiger partial charge in [0.25, 0.3) is 10.0 Å². The number of fused-ring (bicyclic) bond motifs is 1. The van der Waals surface area contributed by atoms with Crippen molar-refractivity contribution in [1.82, 2.24) is 9.38 Å². The van der Waals surface area contributed by atoms with E-state index >= 15 is 0 Å². The van der Waals surface area contributed by atoms with Crippen molar-refractivity contribution < 1.29 is 22.6 Å². The molecule has 0 unspecified atom stereocenters. The predicted molar refractivity (Wildman–Crippen MR) is 121 cm³/mol. The molecule has 0 amide bonds. The highest BCUT2D eigenvalue weighted by atomic mass is 32.2. The maximum Gasteiger partial charge on any atom is 0.261 e. The number of nitrogens with one attached hydrogen (secondary N) is 1. The fourth-order valence-corrected chi connectivity index (χ4v) is 4.21. The van der Waals surface area contributed by atoms with Gasteiger partial charge in [0.15, 0.2) is 11.5 Å². The van der Waals surface area contributed by atoms with Gasteiger partial charge in [0.2, 0.25) is 0 Å². The van der Waals surface area contributed by atoms with Gasteiger partial charge in [-0.2, -0.15) is 0 Å². The van der Waals surface area contributed by atoms with E-state index in [4.69, 9.17) is 14.2 Å². The van der Waals surface area contributed by atoms with E-state index in [2.05, 4.69) is 9.71 Å². The van der Waals surface area contributed by atoms with Crippen LogP contribution in [0.1, 0.15) is 12.6 Å². The standard InChI is InChI=1S/C23H23N3O5S/c1-3-30-19-8-10-20(11-9-19)32(27,28)25-17-7-12-21(29-2)22(14-17)31-16-18-15-26-13-5-4-6-23(26)24-18/h4-15,25H,3,16H2,1-2H3. The van der Waals surface area contributed by atoms with Crippen molar-refractivity contribution in [2.75, 3.05) is 18.4 Å². The van der Waals surface area contributed by atoms with E-state index in [1.165, 1.54) is 19.2 Å². The molecular weight excluding hydrogens is 430 g/mol. The Morgan fingerprint density at radius 1 is 1.00 bits per heavy atom. The highest BCUT2D eigenvalue weighted by Gasteiger charge is 2.16. The van der Waals surface area contributed by atoms with E-state index in [9.17, 15) is 8.42 Å². The summed E-state index contributed by atoms with van der Waals surface area (Å²) in [7, 11) is -2.26. The number of hydrogen-bond acceptors (Lipinski definition) is 6. The first-order chi connectivity index (χ1) is 15.5. The SMILES string of the molecule is CCOc1ccc(S(=O)(=O)Nc2ccc(OC)c(OCc3cn4ccccc4n3)c2)cc1. The summed E-state index contributed by atoms with van der Waals surface area (Å²) < 4.78 is 46.6. The normalized spacial score (nSPS) is 11.3. The van der Waals surface area contributed by atoms with Gasteiger partial charge in [-0.1, -0.05) is 6.07 Å². The average Bonchev–Trinajstić information content (AvgIpc) is 3.21. The van der Waals surface area contributed by atoms with Crippen LogP contribution >= 0.6 is 0 Å². The van der Waals surface area contributed by atoms with Crippen molar-refractivity contribution in [3.63, 3.8) is 0 Å². The third-order valence-corrected chi connectivity index (χ3v) is 6.05. The van der Waals surface area contributed by atoms with E-state index in [1.54, 1.807) is 30.3 Å². The number of sulfonamides is 1. The number of imidazole rings is 1. The minimum absolute atomic E-state index is 0.129. The predicted octanol–water partition coefficient (Wildman–Crippen LogP) is 4.12. The molecule has 0 aliphatic heterocycles. The number of anilines is 1. The molecular formula is C23H23N3O5S. The molecule has 9 heteroatoms. The van der Waals surface area contributed by atoms with Gasteiger partial charge < -0.3 is 18.6 Å². The van der Waals surface area contributed by atoms with Gasteiger partial charge >= 0.3 is 0 Å². The van der Waals surface area contributed by atoms with Crippen LogP contribution in [0.15, 0.2) is 78.0 Å². The van der Waals surface area contributed by atoms with E-state index in [0.29, 0.717) is 29.5 Å². The third-order valence-electron chi connectivity index (χ3n) is 4.65. The first-order valence-corrected chi connectivity index (χ1v) is 11.5. The summed E-state index contributed by atoms with van der Waals surface area (Å²) in [6, 6.07) is 16.8. The zero-order chi connectivity index (χ0) is 22.6. The topological polar surface area (TPSA) is 91.2 Å². The number of nitrogens with zero attached hydrogens (tertiary/aromatic N) is 2. The average molecular weight is 454 g/mol. The second kappa shape index (κ2) is 9.19. The molecule has 2 aromatic heterocycles. The van der Waals surface area contributed by atoms with Gasteiger partial charge in [-0.25, -0.2) is 13.4 Å². The van der Waals surface area contributed by atoms with Gasteiger partial charge in [-0.05, 0) is 55.5 Å².